The molecule has 2 heterocycles. The molecule has 1 aromatic heterocycles. The van der Waals surface area contributed by atoms with E-state index in [1.54, 1.807) is 31.2 Å². The smallest absolute Gasteiger partial charge is 0.177 e. The van der Waals surface area contributed by atoms with Gasteiger partial charge in [0.25, 0.3) is 0 Å². The van der Waals surface area contributed by atoms with Crippen molar-refractivity contribution < 1.29 is 27.8 Å². The van der Waals surface area contributed by atoms with Gasteiger partial charge in [0, 0.05) is 16.4 Å². The van der Waals surface area contributed by atoms with E-state index in [1.165, 1.54) is 47.3 Å². The van der Waals surface area contributed by atoms with Crippen LogP contribution >= 0.6 is 11.8 Å². The lowest BCUT2D eigenvalue weighted by molar-refractivity contribution is -0.146. The number of hydrogen-bond donors (Lipinski definition) is 1. The number of ether oxygens (including phenoxy) is 2. The van der Waals surface area contributed by atoms with Crippen LogP contribution in [0.15, 0.2) is 67.3 Å². The average Bonchev–Trinajstić information content (AvgIpc) is 3.42. The molecule has 1 aliphatic heterocycles. The van der Waals surface area contributed by atoms with Gasteiger partial charge in [0.05, 0.1) is 36.6 Å². The molecule has 2 atom stereocenters. The standard InChI is InChI=1S/C27H25F3N4O3S/c1-18(27(35,15-34-17-32-16-33-34)23-11-21(28)8-9-24(23)29)38-22-13-36-26(37-14-22)5-3-2-4-20-7-6-19(12-31)10-25(20)30/h2-11,16-18,22,26,35H,13-15H2,1H3/t18-,22?,26?,27-/m1/s1. The summed E-state index contributed by atoms with van der Waals surface area (Å²) in [5, 5.41) is 23.7. The highest BCUT2D eigenvalue weighted by Crippen LogP contribution is 2.38. The predicted octanol–water partition coefficient (Wildman–Crippen LogP) is 4.59. The van der Waals surface area contributed by atoms with Gasteiger partial charge < -0.3 is 14.6 Å². The molecule has 0 unspecified atom stereocenters. The first-order chi connectivity index (χ1) is 18.3. The lowest BCUT2D eigenvalue weighted by Crippen LogP contribution is -2.43. The Bertz CT molecular complexity index is 1340. The van der Waals surface area contributed by atoms with E-state index in [-0.39, 0.29) is 22.9 Å². The summed E-state index contributed by atoms with van der Waals surface area (Å²) >= 11 is 1.34. The first-order valence-corrected chi connectivity index (χ1v) is 12.7. The molecule has 0 spiro atoms. The number of nitrogens with zero attached hydrogens (tertiary/aromatic N) is 4. The summed E-state index contributed by atoms with van der Waals surface area (Å²) in [5.74, 6) is -1.88. The second kappa shape index (κ2) is 12.4. The molecule has 0 radical (unpaired) electrons. The van der Waals surface area contributed by atoms with E-state index in [1.807, 2.05) is 6.07 Å². The molecule has 198 valence electrons. The van der Waals surface area contributed by atoms with Crippen LogP contribution in [-0.4, -0.2) is 49.9 Å². The van der Waals surface area contributed by atoms with Crippen LogP contribution in [0, 0.1) is 28.8 Å². The lowest BCUT2D eigenvalue weighted by atomic mass is 9.90. The number of aliphatic hydroxyl groups is 1. The third-order valence-electron chi connectivity index (χ3n) is 6.01. The minimum absolute atomic E-state index is 0.131. The second-order valence-electron chi connectivity index (χ2n) is 8.67. The number of halogens is 3. The van der Waals surface area contributed by atoms with Crippen molar-refractivity contribution in [3.63, 3.8) is 0 Å². The monoisotopic (exact) mass is 542 g/mol. The number of aromatic nitrogens is 3. The highest BCUT2D eigenvalue weighted by Gasteiger charge is 2.41. The molecule has 0 saturated carbocycles. The van der Waals surface area contributed by atoms with E-state index in [2.05, 4.69) is 10.1 Å². The molecular formula is C27H25F3N4O3S. The molecule has 1 fully saturated rings. The molecule has 1 N–H and O–H groups in total. The molecule has 0 aliphatic carbocycles. The summed E-state index contributed by atoms with van der Waals surface area (Å²) in [7, 11) is 0. The third-order valence-corrected chi connectivity index (χ3v) is 7.47. The van der Waals surface area contributed by atoms with Crippen LogP contribution in [0.4, 0.5) is 13.2 Å². The van der Waals surface area contributed by atoms with Crippen LogP contribution in [0.2, 0.25) is 0 Å². The van der Waals surface area contributed by atoms with E-state index in [0.29, 0.717) is 18.8 Å². The lowest BCUT2D eigenvalue weighted by Gasteiger charge is -2.37. The van der Waals surface area contributed by atoms with E-state index < -0.39 is 34.6 Å². The summed E-state index contributed by atoms with van der Waals surface area (Å²) < 4.78 is 55.5. The van der Waals surface area contributed by atoms with Crippen LogP contribution in [0.25, 0.3) is 6.08 Å². The number of thioether (sulfide) groups is 1. The van der Waals surface area contributed by atoms with Crippen LogP contribution in [0.5, 0.6) is 0 Å². The summed E-state index contributed by atoms with van der Waals surface area (Å²) in [5.41, 5.74) is -1.37. The van der Waals surface area contributed by atoms with Crippen molar-refractivity contribution in [2.75, 3.05) is 13.2 Å². The van der Waals surface area contributed by atoms with Crippen molar-refractivity contribution >= 4 is 17.8 Å². The fraction of sp³-hybridized carbons (Fsp3) is 0.296. The Morgan fingerprint density at radius 2 is 1.97 bits per heavy atom. The minimum Gasteiger partial charge on any atom is -0.382 e. The number of hydrogen-bond acceptors (Lipinski definition) is 7. The zero-order valence-corrected chi connectivity index (χ0v) is 21.2. The number of allylic oxidation sites excluding steroid dienone is 2. The van der Waals surface area contributed by atoms with Crippen molar-refractivity contribution in [2.24, 2.45) is 0 Å². The van der Waals surface area contributed by atoms with Gasteiger partial charge in [-0.25, -0.2) is 22.8 Å². The molecule has 7 nitrogen and oxygen atoms in total. The van der Waals surface area contributed by atoms with Crippen LogP contribution in [-0.2, 0) is 21.6 Å². The van der Waals surface area contributed by atoms with E-state index in [9.17, 15) is 18.3 Å². The zero-order chi connectivity index (χ0) is 27.1. The Hall–Kier alpha value is -3.43. The van der Waals surface area contributed by atoms with E-state index in [0.717, 1.165) is 18.2 Å². The van der Waals surface area contributed by atoms with Crippen molar-refractivity contribution in [2.45, 2.75) is 35.9 Å². The summed E-state index contributed by atoms with van der Waals surface area (Å²) in [4.78, 5) is 3.87. The van der Waals surface area contributed by atoms with Gasteiger partial charge in [-0.3, -0.25) is 0 Å². The summed E-state index contributed by atoms with van der Waals surface area (Å²) in [6.07, 6.45) is 8.62. The van der Waals surface area contributed by atoms with Crippen molar-refractivity contribution in [3.8, 4) is 6.07 Å². The fourth-order valence-electron chi connectivity index (χ4n) is 3.96. The molecule has 2 aromatic carbocycles. The maximum Gasteiger partial charge on any atom is 0.177 e. The minimum atomic E-state index is -1.80. The van der Waals surface area contributed by atoms with Crippen molar-refractivity contribution in [1.29, 1.82) is 5.26 Å². The van der Waals surface area contributed by atoms with Crippen LogP contribution in [0.3, 0.4) is 0 Å². The van der Waals surface area contributed by atoms with E-state index in [4.69, 9.17) is 14.7 Å². The first kappa shape index (κ1) is 27.6. The molecule has 0 bridgehead atoms. The van der Waals surface area contributed by atoms with Gasteiger partial charge in [0.1, 0.15) is 35.7 Å². The molecule has 4 rings (SSSR count). The van der Waals surface area contributed by atoms with Crippen molar-refractivity contribution in [1.82, 2.24) is 14.8 Å². The third kappa shape index (κ3) is 6.71. The first-order valence-electron chi connectivity index (χ1n) is 11.7. The highest BCUT2D eigenvalue weighted by molar-refractivity contribution is 8.00. The molecule has 38 heavy (non-hydrogen) atoms. The summed E-state index contributed by atoms with van der Waals surface area (Å²) in [6, 6.07) is 9.10. The molecule has 11 heteroatoms. The second-order valence-corrected chi connectivity index (χ2v) is 10.3. The number of benzene rings is 2. The summed E-state index contributed by atoms with van der Waals surface area (Å²) in [6.45, 7) is 2.19. The van der Waals surface area contributed by atoms with Crippen LogP contribution < -0.4 is 0 Å². The molecule has 0 amide bonds. The van der Waals surface area contributed by atoms with Crippen LogP contribution in [0.1, 0.15) is 23.6 Å². The highest BCUT2D eigenvalue weighted by atomic mass is 32.2. The Morgan fingerprint density at radius 3 is 2.66 bits per heavy atom. The van der Waals surface area contributed by atoms with E-state index >= 15 is 0 Å². The fourth-order valence-corrected chi connectivity index (χ4v) is 5.28. The van der Waals surface area contributed by atoms with Gasteiger partial charge in [-0.1, -0.05) is 31.2 Å². The molecule has 3 aromatic rings. The largest absolute Gasteiger partial charge is 0.382 e. The predicted molar refractivity (Wildman–Crippen MR) is 136 cm³/mol. The molecular weight excluding hydrogens is 517 g/mol. The number of nitriles is 1. The molecule has 1 aliphatic rings. The maximum atomic E-state index is 14.7. The average molecular weight is 543 g/mol. The Balaban J connectivity index is 1.36. The van der Waals surface area contributed by atoms with Gasteiger partial charge in [-0.05, 0) is 36.4 Å². The normalized spacial score (nSPS) is 20.4. The Morgan fingerprint density at radius 1 is 1.18 bits per heavy atom. The Kier molecular flexibility index (Phi) is 9.01. The van der Waals surface area contributed by atoms with Gasteiger partial charge in [-0.2, -0.15) is 10.4 Å². The zero-order valence-electron chi connectivity index (χ0n) is 20.4. The van der Waals surface area contributed by atoms with Crippen molar-refractivity contribution in [3.05, 3.63) is 101 Å². The van der Waals surface area contributed by atoms with Gasteiger partial charge in [-0.15, -0.1) is 11.8 Å². The van der Waals surface area contributed by atoms with Gasteiger partial charge >= 0.3 is 0 Å². The van der Waals surface area contributed by atoms with Gasteiger partial charge in [0.15, 0.2) is 6.29 Å². The quantitative estimate of drug-likeness (QED) is 0.396. The number of rotatable bonds is 9. The SMILES string of the molecule is C[C@@H](SC1COC(C=CC=Cc2ccc(C#N)cc2F)OC1)[C@](O)(Cn1cncn1)c1cc(F)ccc1F. The molecule has 1 saturated heterocycles. The maximum absolute atomic E-state index is 14.7. The topological polar surface area (TPSA) is 93.2 Å². The van der Waals surface area contributed by atoms with Gasteiger partial charge in [0.2, 0.25) is 0 Å². The Labute approximate surface area is 222 Å².